The number of thiophene rings is 1. The largest absolute Gasteiger partial charge is 0.351 e. The molecular formula is C19H19FN2O2S. The third kappa shape index (κ3) is 2.99. The number of halogens is 1. The van der Waals surface area contributed by atoms with Crippen LogP contribution >= 0.6 is 11.3 Å². The van der Waals surface area contributed by atoms with E-state index in [4.69, 9.17) is 0 Å². The van der Waals surface area contributed by atoms with Crippen molar-refractivity contribution >= 4 is 17.2 Å². The van der Waals surface area contributed by atoms with Crippen LogP contribution in [0.3, 0.4) is 0 Å². The highest BCUT2D eigenvalue weighted by atomic mass is 32.1. The van der Waals surface area contributed by atoms with Crippen LogP contribution < -0.4 is 5.32 Å². The molecule has 1 fully saturated rings. The van der Waals surface area contributed by atoms with Gasteiger partial charge in [-0.1, -0.05) is 17.3 Å². The number of hydrogen-bond acceptors (Lipinski definition) is 4. The Bertz CT molecular complexity index is 811. The zero-order chi connectivity index (χ0) is 17.4. The average Bonchev–Trinajstić information content (AvgIpc) is 3.30. The second-order valence-electron chi connectivity index (χ2n) is 6.98. The molecule has 0 spiro atoms. The molecule has 2 aliphatic carbocycles. The number of fused-ring (bicyclic) bond motifs is 1. The SMILES string of the molecule is O=NC1CCCc2c(C(=O)NCC3(c4ccc(F)cc4)CC3)csc21. The van der Waals surface area contributed by atoms with Crippen LogP contribution in [0.25, 0.3) is 0 Å². The fraction of sp³-hybridized carbons (Fsp3) is 0.421. The maximum Gasteiger partial charge on any atom is 0.252 e. The third-order valence-electron chi connectivity index (χ3n) is 5.40. The molecule has 1 saturated carbocycles. The van der Waals surface area contributed by atoms with Crippen LogP contribution in [-0.4, -0.2) is 12.5 Å². The van der Waals surface area contributed by atoms with Gasteiger partial charge in [-0.15, -0.1) is 11.3 Å². The lowest BCUT2D eigenvalue weighted by Crippen LogP contribution is -2.32. The van der Waals surface area contributed by atoms with Crippen LogP contribution in [0.5, 0.6) is 0 Å². The second kappa shape index (κ2) is 6.33. The minimum Gasteiger partial charge on any atom is -0.351 e. The molecule has 4 rings (SSSR count). The summed E-state index contributed by atoms with van der Waals surface area (Å²) in [5.41, 5.74) is 2.69. The molecule has 1 aromatic carbocycles. The van der Waals surface area contributed by atoms with Crippen molar-refractivity contribution in [3.63, 3.8) is 0 Å². The Labute approximate surface area is 149 Å². The number of rotatable bonds is 5. The van der Waals surface area contributed by atoms with Gasteiger partial charge in [0.15, 0.2) is 0 Å². The van der Waals surface area contributed by atoms with E-state index >= 15 is 0 Å². The zero-order valence-electron chi connectivity index (χ0n) is 13.8. The number of amides is 1. The number of carbonyl (C=O) groups is 1. The summed E-state index contributed by atoms with van der Waals surface area (Å²) in [4.78, 5) is 24.6. The summed E-state index contributed by atoms with van der Waals surface area (Å²) in [6, 6.07) is 6.25. The standard InChI is InChI=1S/C19H19FN2O2S/c20-13-6-4-12(5-7-13)19(8-9-19)11-21-18(23)15-10-25-17-14(15)2-1-3-16(17)22-24/h4-7,10,16H,1-3,8-9,11H2,(H,21,23). The Morgan fingerprint density at radius 3 is 2.76 bits per heavy atom. The first-order valence-electron chi connectivity index (χ1n) is 8.60. The van der Waals surface area contributed by atoms with Gasteiger partial charge in [0.25, 0.3) is 5.91 Å². The number of nitrogens with one attached hydrogen (secondary N) is 1. The molecule has 1 heterocycles. The van der Waals surface area contributed by atoms with Gasteiger partial charge in [0.1, 0.15) is 11.9 Å². The Morgan fingerprint density at radius 1 is 1.32 bits per heavy atom. The zero-order valence-corrected chi connectivity index (χ0v) is 14.6. The maximum absolute atomic E-state index is 13.1. The normalized spacial score (nSPS) is 20.6. The van der Waals surface area contributed by atoms with Gasteiger partial charge in [0, 0.05) is 22.2 Å². The van der Waals surface area contributed by atoms with Crippen LogP contribution in [0.15, 0.2) is 34.8 Å². The van der Waals surface area contributed by atoms with Crippen LogP contribution in [-0.2, 0) is 11.8 Å². The number of nitroso groups, excluding NO2 is 1. The first-order valence-corrected chi connectivity index (χ1v) is 9.48. The molecule has 1 unspecified atom stereocenters. The first kappa shape index (κ1) is 16.4. The average molecular weight is 358 g/mol. The van der Waals surface area contributed by atoms with Crippen molar-refractivity contribution < 1.29 is 9.18 Å². The van der Waals surface area contributed by atoms with Gasteiger partial charge in [0.05, 0.1) is 5.56 Å². The maximum atomic E-state index is 13.1. The minimum absolute atomic E-state index is 0.0632. The third-order valence-corrected chi connectivity index (χ3v) is 6.53. The monoisotopic (exact) mass is 358 g/mol. The molecule has 25 heavy (non-hydrogen) atoms. The quantitative estimate of drug-likeness (QED) is 0.801. The van der Waals surface area contributed by atoms with Gasteiger partial charge in [-0.05, 0) is 55.4 Å². The van der Waals surface area contributed by atoms with E-state index in [0.717, 1.165) is 48.1 Å². The lowest BCUT2D eigenvalue weighted by Gasteiger charge is -2.19. The fourth-order valence-corrected chi connectivity index (χ4v) is 4.86. The summed E-state index contributed by atoms with van der Waals surface area (Å²) in [5.74, 6) is -0.329. The molecule has 130 valence electrons. The van der Waals surface area contributed by atoms with Crippen molar-refractivity contribution in [3.8, 4) is 0 Å². The Balaban J connectivity index is 1.47. The summed E-state index contributed by atoms with van der Waals surface area (Å²) in [5, 5.41) is 8.10. The molecule has 1 N–H and O–H groups in total. The lowest BCUT2D eigenvalue weighted by molar-refractivity contribution is 0.0949. The topological polar surface area (TPSA) is 58.5 Å². The molecule has 0 saturated heterocycles. The molecule has 2 aromatic rings. The number of hydrogen-bond donors (Lipinski definition) is 1. The molecule has 1 amide bonds. The Kier molecular flexibility index (Phi) is 4.15. The van der Waals surface area contributed by atoms with E-state index in [2.05, 4.69) is 10.5 Å². The number of benzene rings is 1. The molecular weight excluding hydrogens is 339 g/mol. The van der Waals surface area contributed by atoms with Crippen molar-refractivity contribution in [3.05, 3.63) is 61.9 Å². The summed E-state index contributed by atoms with van der Waals surface area (Å²) in [7, 11) is 0. The highest BCUT2D eigenvalue weighted by molar-refractivity contribution is 7.10. The van der Waals surface area contributed by atoms with E-state index in [0.29, 0.717) is 12.1 Å². The van der Waals surface area contributed by atoms with Crippen molar-refractivity contribution in [1.29, 1.82) is 0 Å². The predicted molar refractivity (Wildman–Crippen MR) is 95.4 cm³/mol. The van der Waals surface area contributed by atoms with Crippen molar-refractivity contribution in [2.24, 2.45) is 5.18 Å². The van der Waals surface area contributed by atoms with Crippen LogP contribution in [0.2, 0.25) is 0 Å². The van der Waals surface area contributed by atoms with E-state index in [-0.39, 0.29) is 23.2 Å². The van der Waals surface area contributed by atoms with E-state index in [1.807, 2.05) is 5.38 Å². The molecule has 2 aliphatic rings. The molecule has 0 aliphatic heterocycles. The van der Waals surface area contributed by atoms with Crippen molar-refractivity contribution in [2.75, 3.05) is 6.54 Å². The molecule has 1 aromatic heterocycles. The number of carbonyl (C=O) groups excluding carboxylic acids is 1. The number of nitrogens with zero attached hydrogens (tertiary/aromatic N) is 1. The minimum atomic E-state index is -0.302. The van der Waals surface area contributed by atoms with Gasteiger partial charge < -0.3 is 5.32 Å². The Morgan fingerprint density at radius 2 is 2.08 bits per heavy atom. The molecule has 4 nitrogen and oxygen atoms in total. The van der Waals surface area contributed by atoms with Crippen molar-refractivity contribution in [1.82, 2.24) is 5.32 Å². The first-order chi connectivity index (χ1) is 12.1. The van der Waals surface area contributed by atoms with Crippen LogP contribution in [0.1, 0.15) is 58.1 Å². The van der Waals surface area contributed by atoms with Crippen LogP contribution in [0.4, 0.5) is 4.39 Å². The second-order valence-corrected chi connectivity index (χ2v) is 7.89. The molecule has 0 radical (unpaired) electrons. The van der Waals surface area contributed by atoms with Gasteiger partial charge in [-0.25, -0.2) is 4.39 Å². The molecule has 1 atom stereocenters. The fourth-order valence-electron chi connectivity index (χ4n) is 3.70. The summed E-state index contributed by atoms with van der Waals surface area (Å²) in [6.45, 7) is 0.553. The highest BCUT2D eigenvalue weighted by Gasteiger charge is 2.44. The smallest absolute Gasteiger partial charge is 0.252 e. The molecule has 0 bridgehead atoms. The van der Waals surface area contributed by atoms with Gasteiger partial charge in [0.2, 0.25) is 0 Å². The summed E-state index contributed by atoms with van der Waals surface area (Å²) < 4.78 is 13.1. The van der Waals surface area contributed by atoms with E-state index in [9.17, 15) is 14.1 Å². The summed E-state index contributed by atoms with van der Waals surface area (Å²) >= 11 is 1.46. The lowest BCUT2D eigenvalue weighted by atomic mass is 9.92. The van der Waals surface area contributed by atoms with Gasteiger partial charge in [-0.2, -0.15) is 4.91 Å². The van der Waals surface area contributed by atoms with Gasteiger partial charge in [-0.3, -0.25) is 4.79 Å². The van der Waals surface area contributed by atoms with E-state index < -0.39 is 0 Å². The van der Waals surface area contributed by atoms with E-state index in [1.54, 1.807) is 12.1 Å². The van der Waals surface area contributed by atoms with E-state index in [1.165, 1.54) is 23.5 Å². The van der Waals surface area contributed by atoms with Crippen molar-refractivity contribution in [2.45, 2.75) is 43.6 Å². The predicted octanol–water partition coefficient (Wildman–Crippen LogP) is 4.49. The molecule has 6 heteroatoms. The van der Waals surface area contributed by atoms with Gasteiger partial charge >= 0.3 is 0 Å². The Hall–Kier alpha value is -2.08. The summed E-state index contributed by atoms with van der Waals surface area (Å²) in [6.07, 6.45) is 4.48. The highest BCUT2D eigenvalue weighted by Crippen LogP contribution is 2.47. The van der Waals surface area contributed by atoms with Crippen LogP contribution in [0, 0.1) is 10.7 Å².